The topological polar surface area (TPSA) is 20.2 Å². The first kappa shape index (κ1) is 12.5. The van der Waals surface area contributed by atoms with E-state index in [1.165, 1.54) is 12.1 Å². The average molecular weight is 240 g/mol. The van der Waals surface area contributed by atoms with Crippen molar-refractivity contribution >= 4 is 0 Å². The molecule has 17 heavy (non-hydrogen) atoms. The van der Waals surface area contributed by atoms with Gasteiger partial charge in [0.1, 0.15) is 0 Å². The van der Waals surface area contributed by atoms with E-state index in [0.717, 1.165) is 31.7 Å². The van der Waals surface area contributed by atoms with Crippen molar-refractivity contribution in [2.24, 2.45) is 5.92 Å². The van der Waals surface area contributed by atoms with Crippen molar-refractivity contribution in [1.82, 2.24) is 0 Å². The molecule has 0 aromatic heterocycles. The van der Waals surface area contributed by atoms with Crippen LogP contribution in [0.2, 0.25) is 0 Å². The first-order chi connectivity index (χ1) is 8.09. The van der Waals surface area contributed by atoms with Crippen LogP contribution in [0, 0.1) is 17.6 Å². The molecule has 0 saturated heterocycles. The summed E-state index contributed by atoms with van der Waals surface area (Å²) in [7, 11) is 0. The normalized spacial score (nSPS) is 29.3. The van der Waals surface area contributed by atoms with E-state index in [-0.39, 0.29) is 11.5 Å². The van der Waals surface area contributed by atoms with Crippen LogP contribution in [0.1, 0.15) is 44.6 Å². The average Bonchev–Trinajstić information content (AvgIpc) is 2.33. The largest absolute Gasteiger partial charge is 0.385 e. The molecular formula is C14H18F2O. The lowest BCUT2D eigenvalue weighted by Crippen LogP contribution is -2.38. The zero-order valence-electron chi connectivity index (χ0n) is 10.0. The van der Waals surface area contributed by atoms with Gasteiger partial charge in [0.25, 0.3) is 0 Å². The Morgan fingerprint density at radius 3 is 2.82 bits per heavy atom. The van der Waals surface area contributed by atoms with Gasteiger partial charge in [-0.2, -0.15) is 0 Å². The van der Waals surface area contributed by atoms with Crippen LogP contribution in [0.15, 0.2) is 18.2 Å². The van der Waals surface area contributed by atoms with Gasteiger partial charge in [-0.1, -0.05) is 38.3 Å². The molecule has 0 aliphatic heterocycles. The van der Waals surface area contributed by atoms with Gasteiger partial charge < -0.3 is 5.11 Å². The molecule has 2 atom stereocenters. The van der Waals surface area contributed by atoms with Crippen LogP contribution >= 0.6 is 0 Å². The highest BCUT2D eigenvalue weighted by molar-refractivity contribution is 5.27. The van der Waals surface area contributed by atoms with Crippen molar-refractivity contribution in [3.63, 3.8) is 0 Å². The Kier molecular flexibility index (Phi) is 3.48. The molecule has 0 bridgehead atoms. The standard InChI is InChI=1S/C14H18F2O/c1-2-10-6-3-4-9-14(10,17)11-7-5-8-12(15)13(11)16/h5,7-8,10,17H,2-4,6,9H2,1H3. The van der Waals surface area contributed by atoms with E-state index in [9.17, 15) is 13.9 Å². The summed E-state index contributed by atoms with van der Waals surface area (Å²) in [5, 5.41) is 10.7. The summed E-state index contributed by atoms with van der Waals surface area (Å²) in [6, 6.07) is 4.06. The highest BCUT2D eigenvalue weighted by Crippen LogP contribution is 2.44. The molecule has 1 nitrogen and oxygen atoms in total. The Balaban J connectivity index is 2.45. The van der Waals surface area contributed by atoms with E-state index in [0.29, 0.717) is 6.42 Å². The maximum atomic E-state index is 13.8. The van der Waals surface area contributed by atoms with Crippen molar-refractivity contribution in [1.29, 1.82) is 0 Å². The number of rotatable bonds is 2. The minimum Gasteiger partial charge on any atom is -0.385 e. The maximum absolute atomic E-state index is 13.8. The first-order valence-corrected chi connectivity index (χ1v) is 6.26. The van der Waals surface area contributed by atoms with E-state index in [2.05, 4.69) is 0 Å². The number of hydrogen-bond acceptors (Lipinski definition) is 1. The summed E-state index contributed by atoms with van der Waals surface area (Å²) in [4.78, 5) is 0. The van der Waals surface area contributed by atoms with Gasteiger partial charge in [0, 0.05) is 5.56 Å². The Bertz CT molecular complexity index is 405. The van der Waals surface area contributed by atoms with Crippen molar-refractivity contribution in [2.45, 2.75) is 44.6 Å². The van der Waals surface area contributed by atoms with Crippen molar-refractivity contribution in [3.05, 3.63) is 35.4 Å². The molecule has 2 unspecified atom stereocenters. The van der Waals surface area contributed by atoms with Gasteiger partial charge in [0.05, 0.1) is 5.60 Å². The maximum Gasteiger partial charge on any atom is 0.164 e. The van der Waals surface area contributed by atoms with Gasteiger partial charge in [0.2, 0.25) is 0 Å². The van der Waals surface area contributed by atoms with E-state index in [1.807, 2.05) is 6.92 Å². The fraction of sp³-hybridized carbons (Fsp3) is 0.571. The molecule has 1 saturated carbocycles. The van der Waals surface area contributed by atoms with E-state index in [4.69, 9.17) is 0 Å². The quantitative estimate of drug-likeness (QED) is 0.834. The smallest absolute Gasteiger partial charge is 0.164 e. The molecule has 1 aromatic rings. The summed E-state index contributed by atoms with van der Waals surface area (Å²) < 4.78 is 27.1. The van der Waals surface area contributed by atoms with Crippen LogP contribution in [0.3, 0.4) is 0 Å². The lowest BCUT2D eigenvalue weighted by molar-refractivity contribution is -0.0587. The van der Waals surface area contributed by atoms with Crippen LogP contribution in [0.5, 0.6) is 0 Å². The van der Waals surface area contributed by atoms with Crippen molar-refractivity contribution in [3.8, 4) is 0 Å². The Labute approximate surface area is 100 Å². The molecule has 0 heterocycles. The molecule has 1 aromatic carbocycles. The molecule has 3 heteroatoms. The molecule has 0 radical (unpaired) electrons. The number of halogens is 2. The number of benzene rings is 1. The van der Waals surface area contributed by atoms with Crippen molar-refractivity contribution < 1.29 is 13.9 Å². The second kappa shape index (κ2) is 4.73. The highest BCUT2D eigenvalue weighted by Gasteiger charge is 2.41. The van der Waals surface area contributed by atoms with Gasteiger partial charge in [-0.25, -0.2) is 8.78 Å². The fourth-order valence-corrected chi connectivity index (χ4v) is 2.96. The van der Waals surface area contributed by atoms with Crippen LogP contribution in [-0.4, -0.2) is 5.11 Å². The summed E-state index contributed by atoms with van der Waals surface area (Å²) >= 11 is 0. The molecule has 0 spiro atoms. The Hall–Kier alpha value is -0.960. The van der Waals surface area contributed by atoms with Gasteiger partial charge in [-0.3, -0.25) is 0 Å². The molecule has 1 aliphatic carbocycles. The minimum atomic E-state index is -1.20. The second-order valence-electron chi connectivity index (χ2n) is 4.88. The number of aliphatic hydroxyl groups is 1. The third-order valence-corrected chi connectivity index (χ3v) is 3.95. The van der Waals surface area contributed by atoms with Crippen LogP contribution in [0.4, 0.5) is 8.78 Å². The summed E-state index contributed by atoms with van der Waals surface area (Å²) in [6.45, 7) is 1.98. The zero-order chi connectivity index (χ0) is 12.5. The first-order valence-electron chi connectivity index (χ1n) is 6.26. The van der Waals surface area contributed by atoms with Gasteiger partial charge >= 0.3 is 0 Å². The third kappa shape index (κ3) is 2.08. The van der Waals surface area contributed by atoms with Gasteiger partial charge in [0.15, 0.2) is 11.6 Å². The molecular weight excluding hydrogens is 222 g/mol. The van der Waals surface area contributed by atoms with E-state index < -0.39 is 17.2 Å². The lowest BCUT2D eigenvalue weighted by Gasteiger charge is -2.40. The predicted molar refractivity (Wildman–Crippen MR) is 62.5 cm³/mol. The number of hydrogen-bond donors (Lipinski definition) is 1. The van der Waals surface area contributed by atoms with E-state index in [1.54, 1.807) is 0 Å². The molecule has 0 amide bonds. The minimum absolute atomic E-state index is 0.0209. The van der Waals surface area contributed by atoms with Crippen molar-refractivity contribution in [2.75, 3.05) is 0 Å². The zero-order valence-corrected chi connectivity index (χ0v) is 10.0. The molecule has 1 aliphatic rings. The molecule has 1 fully saturated rings. The molecule has 1 N–H and O–H groups in total. The van der Waals surface area contributed by atoms with Crippen LogP contribution in [0.25, 0.3) is 0 Å². The summed E-state index contributed by atoms with van der Waals surface area (Å²) in [6.07, 6.45) is 4.10. The second-order valence-corrected chi connectivity index (χ2v) is 4.88. The molecule has 94 valence electrons. The fourth-order valence-electron chi connectivity index (χ4n) is 2.96. The Morgan fingerprint density at radius 2 is 2.12 bits per heavy atom. The SMILES string of the molecule is CCC1CCCCC1(O)c1cccc(F)c1F. The lowest BCUT2D eigenvalue weighted by atomic mass is 9.70. The van der Waals surface area contributed by atoms with Crippen LogP contribution < -0.4 is 0 Å². The van der Waals surface area contributed by atoms with Gasteiger partial charge in [-0.05, 0) is 24.8 Å². The van der Waals surface area contributed by atoms with Crippen LogP contribution in [-0.2, 0) is 5.60 Å². The Morgan fingerprint density at radius 1 is 1.35 bits per heavy atom. The summed E-state index contributed by atoms with van der Waals surface area (Å²) in [5.41, 5.74) is -1.07. The van der Waals surface area contributed by atoms with E-state index >= 15 is 0 Å². The summed E-state index contributed by atoms with van der Waals surface area (Å²) in [5.74, 6) is -1.75. The monoisotopic (exact) mass is 240 g/mol. The van der Waals surface area contributed by atoms with Gasteiger partial charge in [-0.15, -0.1) is 0 Å². The molecule has 2 rings (SSSR count). The highest BCUT2D eigenvalue weighted by atomic mass is 19.2. The third-order valence-electron chi connectivity index (χ3n) is 3.95. The predicted octanol–water partition coefficient (Wildman–Crippen LogP) is 3.75.